The van der Waals surface area contributed by atoms with Crippen LogP contribution in [0.3, 0.4) is 0 Å². The van der Waals surface area contributed by atoms with E-state index in [0.29, 0.717) is 27.8 Å². The summed E-state index contributed by atoms with van der Waals surface area (Å²) in [5.74, 6) is 0.605. The SMILES string of the molecule is COc1ccc(NC(=O)COc2ccc(/C=N\NC(=O)c3cccc(Cl)c3)cc2)cc1. The van der Waals surface area contributed by atoms with E-state index in [-0.39, 0.29) is 18.4 Å². The molecule has 2 N–H and O–H groups in total. The standard InChI is InChI=1S/C23H20ClN3O4/c1-30-20-11-7-19(8-12-20)26-22(28)15-31-21-9-5-16(6-10-21)14-25-27-23(29)17-3-2-4-18(24)13-17/h2-14H,15H2,1H3,(H,26,28)(H,27,29)/b25-14-. The third-order valence-corrected chi connectivity index (χ3v) is 4.33. The van der Waals surface area contributed by atoms with Crippen LogP contribution < -0.4 is 20.2 Å². The van der Waals surface area contributed by atoms with Gasteiger partial charge in [-0.2, -0.15) is 5.10 Å². The number of carbonyl (C=O) groups excluding carboxylic acids is 2. The van der Waals surface area contributed by atoms with Crippen LogP contribution >= 0.6 is 11.6 Å². The van der Waals surface area contributed by atoms with E-state index in [2.05, 4.69) is 15.8 Å². The summed E-state index contributed by atoms with van der Waals surface area (Å²) < 4.78 is 10.6. The zero-order valence-electron chi connectivity index (χ0n) is 16.7. The quantitative estimate of drug-likeness (QED) is 0.409. The van der Waals surface area contributed by atoms with Crippen molar-refractivity contribution in [3.8, 4) is 11.5 Å². The number of carbonyl (C=O) groups is 2. The zero-order chi connectivity index (χ0) is 22.1. The number of hydrazone groups is 1. The molecule has 0 bridgehead atoms. The van der Waals surface area contributed by atoms with Gasteiger partial charge in [-0.25, -0.2) is 5.43 Å². The summed E-state index contributed by atoms with van der Waals surface area (Å²) in [6.07, 6.45) is 1.50. The van der Waals surface area contributed by atoms with Crippen LogP contribution in [0.2, 0.25) is 5.02 Å². The zero-order valence-corrected chi connectivity index (χ0v) is 17.4. The number of methoxy groups -OCH3 is 1. The van der Waals surface area contributed by atoms with Crippen molar-refractivity contribution in [3.63, 3.8) is 0 Å². The highest BCUT2D eigenvalue weighted by molar-refractivity contribution is 6.30. The highest BCUT2D eigenvalue weighted by atomic mass is 35.5. The van der Waals surface area contributed by atoms with Crippen molar-refractivity contribution in [1.82, 2.24) is 5.43 Å². The maximum Gasteiger partial charge on any atom is 0.271 e. The van der Waals surface area contributed by atoms with Gasteiger partial charge in [-0.3, -0.25) is 9.59 Å². The molecule has 158 valence electrons. The summed E-state index contributed by atoms with van der Waals surface area (Å²) in [6.45, 7) is -0.130. The first-order valence-electron chi connectivity index (χ1n) is 9.29. The molecule has 0 aliphatic rings. The van der Waals surface area contributed by atoms with Crippen molar-refractivity contribution < 1.29 is 19.1 Å². The van der Waals surface area contributed by atoms with E-state index in [0.717, 1.165) is 5.56 Å². The van der Waals surface area contributed by atoms with Gasteiger partial charge < -0.3 is 14.8 Å². The van der Waals surface area contributed by atoms with E-state index in [1.807, 2.05) is 0 Å². The fourth-order valence-corrected chi connectivity index (χ4v) is 2.72. The Morgan fingerprint density at radius 3 is 2.39 bits per heavy atom. The van der Waals surface area contributed by atoms with Gasteiger partial charge >= 0.3 is 0 Å². The molecule has 0 radical (unpaired) electrons. The number of anilines is 1. The van der Waals surface area contributed by atoms with Crippen LogP contribution in [0.5, 0.6) is 11.5 Å². The largest absolute Gasteiger partial charge is 0.497 e. The lowest BCUT2D eigenvalue weighted by Crippen LogP contribution is -2.20. The van der Waals surface area contributed by atoms with Gasteiger partial charge in [0.05, 0.1) is 13.3 Å². The molecule has 7 nitrogen and oxygen atoms in total. The van der Waals surface area contributed by atoms with Crippen molar-refractivity contribution in [2.24, 2.45) is 5.10 Å². The van der Waals surface area contributed by atoms with Crippen LogP contribution in [0.25, 0.3) is 0 Å². The van der Waals surface area contributed by atoms with Gasteiger partial charge in [0.15, 0.2) is 6.61 Å². The molecule has 8 heteroatoms. The molecular formula is C23H20ClN3O4. The summed E-state index contributed by atoms with van der Waals surface area (Å²) in [4.78, 5) is 24.0. The molecular weight excluding hydrogens is 418 g/mol. The Bertz CT molecular complexity index is 1070. The average molecular weight is 438 g/mol. The number of benzene rings is 3. The van der Waals surface area contributed by atoms with Gasteiger partial charge in [0.2, 0.25) is 0 Å². The molecule has 0 heterocycles. The molecule has 2 amide bonds. The number of hydrogen-bond donors (Lipinski definition) is 2. The second kappa shape index (κ2) is 10.8. The number of rotatable bonds is 8. The fourth-order valence-electron chi connectivity index (χ4n) is 2.53. The molecule has 0 fully saturated rings. The van der Waals surface area contributed by atoms with Crippen LogP contribution in [0.4, 0.5) is 5.69 Å². The molecule has 3 aromatic rings. The van der Waals surface area contributed by atoms with Gasteiger partial charge in [0.1, 0.15) is 11.5 Å². The normalized spacial score (nSPS) is 10.5. The van der Waals surface area contributed by atoms with Crippen LogP contribution in [0.15, 0.2) is 77.9 Å². The van der Waals surface area contributed by atoms with E-state index in [1.54, 1.807) is 79.9 Å². The fraction of sp³-hybridized carbons (Fsp3) is 0.0870. The summed E-state index contributed by atoms with van der Waals surface area (Å²) in [6, 6.07) is 20.5. The first-order chi connectivity index (χ1) is 15.0. The second-order valence-corrected chi connectivity index (χ2v) is 6.78. The minimum absolute atomic E-state index is 0.130. The van der Waals surface area contributed by atoms with Crippen LogP contribution in [0, 0.1) is 0 Å². The number of amides is 2. The Morgan fingerprint density at radius 2 is 1.71 bits per heavy atom. The Hall–Kier alpha value is -3.84. The Kier molecular flexibility index (Phi) is 7.61. The van der Waals surface area contributed by atoms with Crippen LogP contribution in [0.1, 0.15) is 15.9 Å². The maximum absolute atomic E-state index is 12.0. The number of nitrogens with zero attached hydrogens (tertiary/aromatic N) is 1. The van der Waals surface area contributed by atoms with E-state index in [1.165, 1.54) is 6.21 Å². The van der Waals surface area contributed by atoms with Crippen LogP contribution in [-0.2, 0) is 4.79 Å². The van der Waals surface area contributed by atoms with Crippen molar-refractivity contribution in [3.05, 3.63) is 88.9 Å². The number of hydrogen-bond acceptors (Lipinski definition) is 5. The minimum atomic E-state index is -0.360. The van der Waals surface area contributed by atoms with E-state index in [9.17, 15) is 9.59 Å². The topological polar surface area (TPSA) is 89.0 Å². The van der Waals surface area contributed by atoms with E-state index >= 15 is 0 Å². The minimum Gasteiger partial charge on any atom is -0.497 e. The summed E-state index contributed by atoms with van der Waals surface area (Å²) in [5.41, 5.74) is 4.26. The third kappa shape index (κ3) is 6.87. The molecule has 0 saturated carbocycles. The Labute approximate surface area is 184 Å². The second-order valence-electron chi connectivity index (χ2n) is 6.34. The maximum atomic E-state index is 12.0. The smallest absolute Gasteiger partial charge is 0.271 e. The highest BCUT2D eigenvalue weighted by Crippen LogP contribution is 2.15. The number of nitrogens with one attached hydrogen (secondary N) is 2. The number of halogens is 1. The van der Waals surface area contributed by atoms with Crippen molar-refractivity contribution in [2.45, 2.75) is 0 Å². The Balaban J connectivity index is 1.45. The molecule has 3 rings (SSSR count). The van der Waals surface area contributed by atoms with Gasteiger partial charge in [0, 0.05) is 16.3 Å². The molecule has 0 aliphatic carbocycles. The van der Waals surface area contributed by atoms with Gasteiger partial charge in [0.25, 0.3) is 11.8 Å². The molecule has 0 aliphatic heterocycles. The number of ether oxygens (including phenoxy) is 2. The monoisotopic (exact) mass is 437 g/mol. The van der Waals surface area contributed by atoms with Gasteiger partial charge in [-0.15, -0.1) is 0 Å². The first-order valence-corrected chi connectivity index (χ1v) is 9.67. The van der Waals surface area contributed by atoms with E-state index in [4.69, 9.17) is 21.1 Å². The molecule has 0 unspecified atom stereocenters. The van der Waals surface area contributed by atoms with Crippen molar-refractivity contribution in [2.75, 3.05) is 19.0 Å². The lowest BCUT2D eigenvalue weighted by molar-refractivity contribution is -0.118. The lowest BCUT2D eigenvalue weighted by atomic mass is 10.2. The molecule has 0 saturated heterocycles. The van der Waals surface area contributed by atoms with Gasteiger partial charge in [-0.1, -0.05) is 17.7 Å². The predicted molar refractivity (Wildman–Crippen MR) is 120 cm³/mol. The van der Waals surface area contributed by atoms with Gasteiger partial charge in [-0.05, 0) is 72.3 Å². The molecule has 31 heavy (non-hydrogen) atoms. The van der Waals surface area contributed by atoms with Crippen LogP contribution in [-0.4, -0.2) is 31.7 Å². The molecule has 0 spiro atoms. The highest BCUT2D eigenvalue weighted by Gasteiger charge is 2.05. The Morgan fingerprint density at radius 1 is 1.00 bits per heavy atom. The summed E-state index contributed by atoms with van der Waals surface area (Å²) >= 11 is 5.87. The summed E-state index contributed by atoms with van der Waals surface area (Å²) in [5, 5.41) is 7.15. The first kappa shape index (κ1) is 21.9. The molecule has 3 aromatic carbocycles. The third-order valence-electron chi connectivity index (χ3n) is 4.09. The van der Waals surface area contributed by atoms with E-state index < -0.39 is 0 Å². The molecule has 0 aromatic heterocycles. The molecule has 0 atom stereocenters. The van der Waals surface area contributed by atoms with Crippen molar-refractivity contribution >= 4 is 35.3 Å². The lowest BCUT2D eigenvalue weighted by Gasteiger charge is -2.08. The predicted octanol–water partition coefficient (Wildman–Crippen LogP) is 4.13. The van der Waals surface area contributed by atoms with Crippen molar-refractivity contribution in [1.29, 1.82) is 0 Å². The summed E-state index contributed by atoms with van der Waals surface area (Å²) in [7, 11) is 1.58. The average Bonchev–Trinajstić information content (AvgIpc) is 2.79.